The van der Waals surface area contributed by atoms with Crippen LogP contribution in [0.15, 0.2) is 28.8 Å². The SMILES string of the molecule is CNC(C)Cc1noc(-c2ccc(COC(C)C)cc2)n1. The van der Waals surface area contributed by atoms with Crippen LogP contribution in [0.3, 0.4) is 0 Å². The molecular formula is C16H23N3O2. The minimum absolute atomic E-state index is 0.234. The normalized spacial score (nSPS) is 12.8. The van der Waals surface area contributed by atoms with Crippen LogP contribution in [0.4, 0.5) is 0 Å². The van der Waals surface area contributed by atoms with Crippen molar-refractivity contribution in [2.24, 2.45) is 0 Å². The summed E-state index contributed by atoms with van der Waals surface area (Å²) in [6.45, 7) is 6.76. The molecule has 1 aromatic carbocycles. The number of rotatable bonds is 7. The second-order valence-corrected chi connectivity index (χ2v) is 5.47. The van der Waals surface area contributed by atoms with Gasteiger partial charge in [0.2, 0.25) is 0 Å². The molecule has 0 saturated heterocycles. The van der Waals surface area contributed by atoms with Gasteiger partial charge in [-0.15, -0.1) is 0 Å². The Balaban J connectivity index is 2.01. The van der Waals surface area contributed by atoms with Gasteiger partial charge in [-0.3, -0.25) is 0 Å². The van der Waals surface area contributed by atoms with E-state index in [4.69, 9.17) is 9.26 Å². The molecule has 1 N–H and O–H groups in total. The van der Waals surface area contributed by atoms with E-state index < -0.39 is 0 Å². The lowest BCUT2D eigenvalue weighted by molar-refractivity contribution is 0.0657. The summed E-state index contributed by atoms with van der Waals surface area (Å²) in [6, 6.07) is 8.34. The van der Waals surface area contributed by atoms with Gasteiger partial charge < -0.3 is 14.6 Å². The summed E-state index contributed by atoms with van der Waals surface area (Å²) in [5, 5.41) is 7.17. The third kappa shape index (κ3) is 4.65. The van der Waals surface area contributed by atoms with Crippen LogP contribution in [0.5, 0.6) is 0 Å². The first-order valence-corrected chi connectivity index (χ1v) is 7.29. The van der Waals surface area contributed by atoms with Crippen LogP contribution in [0.2, 0.25) is 0 Å². The number of ether oxygens (including phenoxy) is 1. The standard InChI is InChI=1S/C16H23N3O2/c1-11(2)20-10-13-5-7-14(8-6-13)16-18-15(19-21-16)9-12(3)17-4/h5-8,11-12,17H,9-10H2,1-4H3. The smallest absolute Gasteiger partial charge is 0.257 e. The topological polar surface area (TPSA) is 60.2 Å². The number of aromatic nitrogens is 2. The molecule has 1 atom stereocenters. The third-order valence-corrected chi connectivity index (χ3v) is 3.23. The van der Waals surface area contributed by atoms with Crippen molar-refractivity contribution in [2.75, 3.05) is 7.05 Å². The molecule has 5 heteroatoms. The number of likely N-dealkylation sites (N-methyl/N-ethyl adjacent to an activating group) is 1. The summed E-state index contributed by atoms with van der Waals surface area (Å²) in [6.07, 6.45) is 0.984. The summed E-state index contributed by atoms with van der Waals surface area (Å²) < 4.78 is 10.9. The Morgan fingerprint density at radius 1 is 1.19 bits per heavy atom. The highest BCUT2D eigenvalue weighted by molar-refractivity contribution is 5.53. The second-order valence-electron chi connectivity index (χ2n) is 5.47. The molecule has 1 unspecified atom stereocenters. The van der Waals surface area contributed by atoms with Crippen molar-refractivity contribution in [3.63, 3.8) is 0 Å². The van der Waals surface area contributed by atoms with E-state index in [1.165, 1.54) is 0 Å². The molecule has 0 fully saturated rings. The van der Waals surface area contributed by atoms with E-state index in [9.17, 15) is 0 Å². The highest BCUT2D eigenvalue weighted by Crippen LogP contribution is 2.18. The largest absolute Gasteiger partial charge is 0.374 e. The quantitative estimate of drug-likeness (QED) is 0.849. The first-order chi connectivity index (χ1) is 10.1. The van der Waals surface area contributed by atoms with Gasteiger partial charge in [-0.05, 0) is 45.5 Å². The minimum Gasteiger partial charge on any atom is -0.374 e. The fourth-order valence-corrected chi connectivity index (χ4v) is 1.84. The van der Waals surface area contributed by atoms with E-state index in [2.05, 4.69) is 22.4 Å². The van der Waals surface area contributed by atoms with Gasteiger partial charge in [0.15, 0.2) is 5.82 Å². The van der Waals surface area contributed by atoms with Crippen LogP contribution in [0.25, 0.3) is 11.5 Å². The molecule has 0 aliphatic heterocycles. The molecule has 0 aliphatic carbocycles. The summed E-state index contributed by atoms with van der Waals surface area (Å²) >= 11 is 0. The fraction of sp³-hybridized carbons (Fsp3) is 0.500. The van der Waals surface area contributed by atoms with Gasteiger partial charge in [-0.2, -0.15) is 4.98 Å². The zero-order chi connectivity index (χ0) is 15.2. The first-order valence-electron chi connectivity index (χ1n) is 7.29. The second kappa shape index (κ2) is 7.33. The molecule has 1 aromatic heterocycles. The molecule has 21 heavy (non-hydrogen) atoms. The summed E-state index contributed by atoms with van der Waals surface area (Å²) in [5.41, 5.74) is 2.06. The number of hydrogen-bond acceptors (Lipinski definition) is 5. The summed E-state index contributed by atoms with van der Waals surface area (Å²) in [4.78, 5) is 4.42. The molecule has 114 valence electrons. The van der Waals surface area contributed by atoms with Crippen LogP contribution in [-0.2, 0) is 17.8 Å². The van der Waals surface area contributed by atoms with Crippen molar-refractivity contribution >= 4 is 0 Å². The lowest BCUT2D eigenvalue weighted by Gasteiger charge is -2.07. The molecule has 0 amide bonds. The fourth-order valence-electron chi connectivity index (χ4n) is 1.84. The Bertz CT molecular complexity index is 549. The summed E-state index contributed by atoms with van der Waals surface area (Å²) in [5.74, 6) is 1.28. The van der Waals surface area contributed by atoms with Crippen LogP contribution in [0, 0.1) is 0 Å². The lowest BCUT2D eigenvalue weighted by Crippen LogP contribution is -2.24. The van der Waals surface area contributed by atoms with Gasteiger partial charge in [-0.1, -0.05) is 17.3 Å². The molecule has 0 spiro atoms. The van der Waals surface area contributed by atoms with Crippen molar-refractivity contribution in [1.29, 1.82) is 0 Å². The number of benzene rings is 1. The van der Waals surface area contributed by atoms with Crippen molar-refractivity contribution < 1.29 is 9.26 Å². The molecule has 0 aliphatic rings. The molecular weight excluding hydrogens is 266 g/mol. The Kier molecular flexibility index (Phi) is 5.47. The predicted molar refractivity (Wildman–Crippen MR) is 81.9 cm³/mol. The van der Waals surface area contributed by atoms with Gasteiger partial charge in [0, 0.05) is 18.0 Å². The number of nitrogens with zero attached hydrogens (tertiary/aromatic N) is 2. The van der Waals surface area contributed by atoms with E-state index in [1.54, 1.807) is 0 Å². The van der Waals surface area contributed by atoms with Crippen molar-refractivity contribution in [1.82, 2.24) is 15.5 Å². The zero-order valence-corrected chi connectivity index (χ0v) is 13.1. The van der Waals surface area contributed by atoms with E-state index in [1.807, 2.05) is 45.2 Å². The lowest BCUT2D eigenvalue weighted by atomic mass is 10.1. The van der Waals surface area contributed by atoms with Gasteiger partial charge in [0.05, 0.1) is 12.7 Å². The highest BCUT2D eigenvalue weighted by Gasteiger charge is 2.11. The van der Waals surface area contributed by atoms with E-state index in [0.717, 1.165) is 23.4 Å². The predicted octanol–water partition coefficient (Wildman–Crippen LogP) is 2.81. The van der Waals surface area contributed by atoms with Gasteiger partial charge >= 0.3 is 0 Å². The first kappa shape index (κ1) is 15.7. The minimum atomic E-state index is 0.234. The average Bonchev–Trinajstić information content (AvgIpc) is 2.94. The van der Waals surface area contributed by atoms with Gasteiger partial charge in [0.25, 0.3) is 5.89 Å². The van der Waals surface area contributed by atoms with Gasteiger partial charge in [-0.25, -0.2) is 0 Å². The highest BCUT2D eigenvalue weighted by atomic mass is 16.5. The molecule has 0 bridgehead atoms. The number of nitrogens with one attached hydrogen (secondary N) is 1. The maximum absolute atomic E-state index is 5.58. The Labute approximate surface area is 125 Å². The van der Waals surface area contributed by atoms with Crippen molar-refractivity contribution in [3.05, 3.63) is 35.7 Å². The van der Waals surface area contributed by atoms with Gasteiger partial charge in [0.1, 0.15) is 0 Å². The Morgan fingerprint density at radius 3 is 2.52 bits per heavy atom. The monoisotopic (exact) mass is 289 g/mol. The average molecular weight is 289 g/mol. The van der Waals surface area contributed by atoms with Crippen molar-refractivity contribution in [3.8, 4) is 11.5 Å². The maximum Gasteiger partial charge on any atom is 0.257 e. The van der Waals surface area contributed by atoms with Crippen LogP contribution >= 0.6 is 0 Å². The molecule has 1 heterocycles. The van der Waals surface area contributed by atoms with Crippen LogP contribution in [0.1, 0.15) is 32.2 Å². The van der Waals surface area contributed by atoms with Crippen LogP contribution < -0.4 is 5.32 Å². The third-order valence-electron chi connectivity index (χ3n) is 3.23. The molecule has 5 nitrogen and oxygen atoms in total. The Hall–Kier alpha value is -1.72. The molecule has 2 rings (SSSR count). The number of hydrogen-bond donors (Lipinski definition) is 1. The molecule has 0 saturated carbocycles. The Morgan fingerprint density at radius 2 is 1.90 bits per heavy atom. The van der Waals surface area contributed by atoms with Crippen LogP contribution in [-0.4, -0.2) is 29.3 Å². The molecule has 0 radical (unpaired) electrons. The molecule has 2 aromatic rings. The maximum atomic E-state index is 5.58. The van der Waals surface area contributed by atoms with E-state index >= 15 is 0 Å². The van der Waals surface area contributed by atoms with E-state index in [-0.39, 0.29) is 6.10 Å². The van der Waals surface area contributed by atoms with E-state index in [0.29, 0.717) is 18.5 Å². The van der Waals surface area contributed by atoms with Crippen molar-refractivity contribution in [2.45, 2.75) is 45.9 Å². The zero-order valence-electron chi connectivity index (χ0n) is 13.1. The summed E-state index contributed by atoms with van der Waals surface area (Å²) in [7, 11) is 1.92.